The van der Waals surface area contributed by atoms with E-state index in [0.717, 1.165) is 0 Å². The van der Waals surface area contributed by atoms with E-state index >= 15 is 0 Å². The first-order chi connectivity index (χ1) is 5.84. The Morgan fingerprint density at radius 2 is 1.85 bits per heavy atom. The predicted molar refractivity (Wildman–Crippen MR) is 53.2 cm³/mol. The largest absolute Gasteiger partial charge is 0.239 e. The summed E-state index contributed by atoms with van der Waals surface area (Å²) in [6.07, 6.45) is 0. The Hall–Kier alpha value is 0.0200. The van der Waals surface area contributed by atoms with Crippen LogP contribution in [0.15, 0.2) is 26.0 Å². The van der Waals surface area contributed by atoms with Crippen molar-refractivity contribution >= 4 is 41.9 Å². The Balaban J connectivity index is 3.53. The van der Waals surface area contributed by atoms with Crippen molar-refractivity contribution in [2.24, 2.45) is 5.14 Å². The van der Waals surface area contributed by atoms with Gasteiger partial charge in [0.05, 0.1) is 13.8 Å². The van der Waals surface area contributed by atoms with E-state index in [1.807, 2.05) is 0 Å². The molecule has 0 bridgehead atoms. The van der Waals surface area contributed by atoms with Gasteiger partial charge in [-0.3, -0.25) is 0 Å². The van der Waals surface area contributed by atoms with E-state index < -0.39 is 15.8 Å². The van der Waals surface area contributed by atoms with Gasteiger partial charge in [0, 0.05) is 0 Å². The second-order valence-corrected chi connectivity index (χ2v) is 5.40. The minimum Gasteiger partial charge on any atom is -0.225 e. The zero-order valence-electron chi connectivity index (χ0n) is 6.09. The van der Waals surface area contributed by atoms with Crippen LogP contribution in [0.2, 0.25) is 0 Å². The molecule has 7 heteroatoms. The molecule has 0 aliphatic heterocycles. The van der Waals surface area contributed by atoms with Crippen LogP contribution in [0.4, 0.5) is 4.39 Å². The molecule has 1 aromatic carbocycles. The maximum Gasteiger partial charge on any atom is 0.239 e. The summed E-state index contributed by atoms with van der Waals surface area (Å²) >= 11 is 5.71. The summed E-state index contributed by atoms with van der Waals surface area (Å²) in [7, 11) is -3.88. The van der Waals surface area contributed by atoms with Crippen molar-refractivity contribution in [1.29, 1.82) is 0 Å². The molecule has 0 heterocycles. The third kappa shape index (κ3) is 2.28. The lowest BCUT2D eigenvalue weighted by Crippen LogP contribution is -2.13. The summed E-state index contributed by atoms with van der Waals surface area (Å²) in [4.78, 5) is -0.270. The zero-order chi connectivity index (χ0) is 10.2. The summed E-state index contributed by atoms with van der Waals surface area (Å²) in [5.41, 5.74) is 0. The van der Waals surface area contributed by atoms with E-state index in [1.165, 1.54) is 12.1 Å². The Bertz CT molecular complexity index is 446. The summed E-state index contributed by atoms with van der Waals surface area (Å²) in [6.45, 7) is 0. The molecule has 13 heavy (non-hydrogen) atoms. The van der Waals surface area contributed by atoms with Crippen LogP contribution in [0.5, 0.6) is 0 Å². The highest BCUT2D eigenvalue weighted by atomic mass is 79.9. The summed E-state index contributed by atoms with van der Waals surface area (Å²) in [5, 5.41) is 4.84. The lowest BCUT2D eigenvalue weighted by atomic mass is 10.3. The van der Waals surface area contributed by atoms with Gasteiger partial charge in [0.1, 0.15) is 0 Å². The minimum atomic E-state index is -3.88. The van der Waals surface area contributed by atoms with Crippen LogP contribution >= 0.6 is 31.9 Å². The van der Waals surface area contributed by atoms with Crippen molar-refractivity contribution in [3.05, 3.63) is 26.9 Å². The van der Waals surface area contributed by atoms with Gasteiger partial charge < -0.3 is 0 Å². The minimum absolute atomic E-state index is 0.163. The molecule has 72 valence electrons. The highest BCUT2D eigenvalue weighted by molar-refractivity contribution is 9.11. The van der Waals surface area contributed by atoms with Crippen molar-refractivity contribution in [2.75, 3.05) is 0 Å². The van der Waals surface area contributed by atoms with E-state index in [-0.39, 0.29) is 13.8 Å². The molecule has 2 N–H and O–H groups in total. The van der Waals surface area contributed by atoms with Gasteiger partial charge in [-0.25, -0.2) is 17.9 Å². The van der Waals surface area contributed by atoms with Crippen molar-refractivity contribution < 1.29 is 12.8 Å². The van der Waals surface area contributed by atoms with E-state index in [0.29, 0.717) is 0 Å². The molecule has 1 rings (SSSR count). The Labute approximate surface area is 91.4 Å². The third-order valence-corrected chi connectivity index (χ3v) is 3.91. The first kappa shape index (κ1) is 11.1. The number of benzene rings is 1. The maximum atomic E-state index is 13.1. The van der Waals surface area contributed by atoms with Crippen LogP contribution in [0.1, 0.15) is 0 Å². The van der Waals surface area contributed by atoms with Crippen LogP contribution in [0, 0.1) is 5.82 Å². The van der Waals surface area contributed by atoms with Crippen LogP contribution in [-0.2, 0) is 10.0 Å². The van der Waals surface area contributed by atoms with Gasteiger partial charge in [0.25, 0.3) is 0 Å². The zero-order valence-corrected chi connectivity index (χ0v) is 10.1. The van der Waals surface area contributed by atoms with Gasteiger partial charge in [0.15, 0.2) is 5.82 Å². The lowest BCUT2D eigenvalue weighted by molar-refractivity contribution is 0.587. The van der Waals surface area contributed by atoms with Crippen LogP contribution in [0.3, 0.4) is 0 Å². The molecule has 0 unspecified atom stereocenters. The smallest absolute Gasteiger partial charge is 0.225 e. The number of nitrogens with two attached hydrogens (primary N) is 1. The van der Waals surface area contributed by atoms with Crippen LogP contribution in [-0.4, -0.2) is 8.42 Å². The molecule has 1 aromatic rings. The second-order valence-electron chi connectivity index (χ2n) is 2.22. The van der Waals surface area contributed by atoms with Gasteiger partial charge in [-0.2, -0.15) is 0 Å². The molecule has 0 aliphatic carbocycles. The number of rotatable bonds is 1. The van der Waals surface area contributed by atoms with E-state index in [4.69, 9.17) is 5.14 Å². The van der Waals surface area contributed by atoms with Gasteiger partial charge in [-0.1, -0.05) is 0 Å². The molecule has 0 radical (unpaired) electrons. The molecule has 0 aromatic heterocycles. The Morgan fingerprint density at radius 3 is 2.31 bits per heavy atom. The van der Waals surface area contributed by atoms with Crippen molar-refractivity contribution in [1.82, 2.24) is 0 Å². The standard InChI is InChI=1S/C6H4Br2FNO2S/c7-3-1-2-4(13(10,11)12)5(8)6(3)9/h1-2H,(H2,10,11,12). The molecule has 3 nitrogen and oxygen atoms in total. The monoisotopic (exact) mass is 331 g/mol. The summed E-state index contributed by atoms with van der Waals surface area (Å²) in [6, 6.07) is 2.49. The second kappa shape index (κ2) is 3.64. The van der Waals surface area contributed by atoms with E-state index in [9.17, 15) is 12.8 Å². The molecule has 0 amide bonds. The third-order valence-electron chi connectivity index (χ3n) is 1.31. The number of halogens is 3. The van der Waals surface area contributed by atoms with Gasteiger partial charge >= 0.3 is 0 Å². The molecular weight excluding hydrogens is 329 g/mol. The van der Waals surface area contributed by atoms with Gasteiger partial charge in [0.2, 0.25) is 10.0 Å². The first-order valence-electron chi connectivity index (χ1n) is 3.00. The fourth-order valence-corrected chi connectivity index (χ4v) is 2.94. The highest BCUT2D eigenvalue weighted by Crippen LogP contribution is 2.29. The van der Waals surface area contributed by atoms with Crippen molar-refractivity contribution in [3.63, 3.8) is 0 Å². The van der Waals surface area contributed by atoms with Crippen molar-refractivity contribution in [3.8, 4) is 0 Å². The number of hydrogen-bond donors (Lipinski definition) is 1. The average Bonchev–Trinajstić information content (AvgIpc) is 1.98. The SMILES string of the molecule is NS(=O)(=O)c1ccc(Br)c(F)c1Br. The van der Waals surface area contributed by atoms with E-state index in [2.05, 4.69) is 31.9 Å². The number of primary sulfonamides is 1. The molecule has 0 saturated carbocycles. The average molecular weight is 333 g/mol. The molecule has 0 fully saturated rings. The number of sulfonamides is 1. The van der Waals surface area contributed by atoms with Gasteiger partial charge in [-0.05, 0) is 44.0 Å². The normalized spacial score (nSPS) is 11.7. The fraction of sp³-hybridized carbons (Fsp3) is 0. The highest BCUT2D eigenvalue weighted by Gasteiger charge is 2.17. The topological polar surface area (TPSA) is 60.2 Å². The van der Waals surface area contributed by atoms with Gasteiger partial charge in [-0.15, -0.1) is 0 Å². The maximum absolute atomic E-state index is 13.1. The Kier molecular flexibility index (Phi) is 3.11. The number of hydrogen-bond acceptors (Lipinski definition) is 2. The molecule has 0 atom stereocenters. The quantitative estimate of drug-likeness (QED) is 0.799. The molecule has 0 saturated heterocycles. The fourth-order valence-electron chi connectivity index (χ4n) is 0.728. The molecule has 0 aliphatic rings. The molecule has 0 spiro atoms. The van der Waals surface area contributed by atoms with Crippen molar-refractivity contribution in [2.45, 2.75) is 4.90 Å². The summed E-state index contributed by atoms with van der Waals surface area (Å²) in [5.74, 6) is -0.688. The summed E-state index contributed by atoms with van der Waals surface area (Å²) < 4.78 is 34.9. The van der Waals surface area contributed by atoms with Crippen LogP contribution in [0.25, 0.3) is 0 Å². The Morgan fingerprint density at radius 1 is 1.31 bits per heavy atom. The van der Waals surface area contributed by atoms with E-state index in [1.54, 1.807) is 0 Å². The molecular formula is C6H4Br2FNO2S. The predicted octanol–water partition coefficient (Wildman–Crippen LogP) is 2.00. The first-order valence-corrected chi connectivity index (χ1v) is 6.13. The van der Waals surface area contributed by atoms with Crippen LogP contribution < -0.4 is 5.14 Å². The lowest BCUT2D eigenvalue weighted by Gasteiger charge is -2.03.